The van der Waals surface area contributed by atoms with Gasteiger partial charge >= 0.3 is 5.97 Å². The number of aromatic nitrogens is 1. The molecule has 0 saturated carbocycles. The fraction of sp³-hybridized carbons (Fsp3) is 0.0909. The van der Waals surface area contributed by atoms with E-state index in [-0.39, 0.29) is 11.1 Å². The lowest BCUT2D eigenvalue weighted by molar-refractivity contribution is 0.0600. The lowest BCUT2D eigenvalue weighted by Crippen LogP contribution is -2.16. The van der Waals surface area contributed by atoms with Crippen LogP contribution in [0.15, 0.2) is 35.3 Å². The molecule has 82 valence electrons. The Morgan fingerprint density at radius 2 is 2.12 bits per heavy atom. The van der Waals surface area contributed by atoms with Crippen LogP contribution >= 0.6 is 0 Å². The molecule has 2 aromatic rings. The average Bonchev–Trinajstić information content (AvgIpc) is 2.28. The van der Waals surface area contributed by atoms with Crippen molar-refractivity contribution in [1.29, 1.82) is 0 Å². The van der Waals surface area contributed by atoms with Crippen LogP contribution in [0.2, 0.25) is 0 Å². The van der Waals surface area contributed by atoms with Crippen LogP contribution in [0.4, 0.5) is 5.69 Å². The number of nitrogens with two attached hydrogens (primary N) is 1. The molecule has 0 atom stereocenters. The fourth-order valence-electron chi connectivity index (χ4n) is 1.48. The van der Waals surface area contributed by atoms with Crippen molar-refractivity contribution < 1.29 is 9.53 Å². The molecule has 0 spiro atoms. The van der Waals surface area contributed by atoms with E-state index in [0.717, 1.165) is 0 Å². The highest BCUT2D eigenvalue weighted by atomic mass is 16.5. The van der Waals surface area contributed by atoms with E-state index in [1.54, 1.807) is 18.2 Å². The van der Waals surface area contributed by atoms with Crippen molar-refractivity contribution in [3.63, 3.8) is 0 Å². The van der Waals surface area contributed by atoms with E-state index in [2.05, 4.69) is 4.74 Å². The van der Waals surface area contributed by atoms with Crippen LogP contribution in [0.1, 0.15) is 10.4 Å². The van der Waals surface area contributed by atoms with E-state index in [9.17, 15) is 9.59 Å². The average molecular weight is 218 g/mol. The Bertz CT molecular complexity index is 616. The lowest BCUT2D eigenvalue weighted by atomic mass is 10.2. The quantitative estimate of drug-likeness (QED) is 0.714. The van der Waals surface area contributed by atoms with Crippen molar-refractivity contribution >= 4 is 17.2 Å². The van der Waals surface area contributed by atoms with Gasteiger partial charge in [-0.1, -0.05) is 0 Å². The number of carbonyl (C=O) groups excluding carboxylic acids is 1. The first kappa shape index (κ1) is 10.2. The molecule has 2 N–H and O–H groups in total. The second kappa shape index (κ2) is 3.69. The number of anilines is 1. The Balaban J connectivity index is 2.73. The zero-order chi connectivity index (χ0) is 11.7. The second-order valence-electron chi connectivity index (χ2n) is 3.33. The maximum absolute atomic E-state index is 11.7. The van der Waals surface area contributed by atoms with Crippen LogP contribution in [0.25, 0.3) is 5.52 Å². The van der Waals surface area contributed by atoms with Gasteiger partial charge in [0, 0.05) is 23.5 Å². The van der Waals surface area contributed by atoms with Gasteiger partial charge in [-0.05, 0) is 18.2 Å². The Morgan fingerprint density at radius 1 is 1.38 bits per heavy atom. The summed E-state index contributed by atoms with van der Waals surface area (Å²) in [7, 11) is 1.27. The number of ether oxygens (including phenoxy) is 1. The van der Waals surface area contributed by atoms with Gasteiger partial charge in [-0.2, -0.15) is 0 Å². The molecule has 0 aliphatic heterocycles. The summed E-state index contributed by atoms with van der Waals surface area (Å²) in [5, 5.41) is 0. The second-order valence-corrected chi connectivity index (χ2v) is 3.33. The topological polar surface area (TPSA) is 73.8 Å². The summed E-state index contributed by atoms with van der Waals surface area (Å²) in [6.45, 7) is 0. The summed E-state index contributed by atoms with van der Waals surface area (Å²) >= 11 is 0. The van der Waals surface area contributed by atoms with Gasteiger partial charge in [0.05, 0.1) is 12.7 Å². The third-order valence-corrected chi connectivity index (χ3v) is 2.24. The smallest absolute Gasteiger partial charge is 0.338 e. The molecule has 0 bridgehead atoms. The summed E-state index contributed by atoms with van der Waals surface area (Å²) in [5.74, 6) is -0.531. The minimum Gasteiger partial charge on any atom is -0.465 e. The molecular formula is C11H10N2O3. The molecule has 0 aliphatic carbocycles. The molecular weight excluding hydrogens is 208 g/mol. The van der Waals surface area contributed by atoms with Crippen LogP contribution in [0.3, 0.4) is 0 Å². The minimum absolute atomic E-state index is 0.234. The van der Waals surface area contributed by atoms with Crippen LogP contribution in [0, 0.1) is 0 Å². The zero-order valence-electron chi connectivity index (χ0n) is 8.64. The summed E-state index contributed by atoms with van der Waals surface area (Å²) in [6, 6.07) is 6.13. The highest BCUT2D eigenvalue weighted by molar-refractivity contribution is 5.90. The highest BCUT2D eigenvalue weighted by Crippen LogP contribution is 2.08. The monoisotopic (exact) mass is 218 g/mol. The normalized spacial score (nSPS) is 10.3. The number of fused-ring (bicyclic) bond motifs is 1. The fourth-order valence-corrected chi connectivity index (χ4v) is 1.48. The van der Waals surface area contributed by atoms with Gasteiger partial charge in [-0.25, -0.2) is 4.79 Å². The van der Waals surface area contributed by atoms with Crippen molar-refractivity contribution in [1.82, 2.24) is 4.40 Å². The molecule has 2 aromatic heterocycles. The number of esters is 1. The van der Waals surface area contributed by atoms with Gasteiger partial charge < -0.3 is 10.5 Å². The molecule has 2 rings (SSSR count). The Hall–Kier alpha value is -2.30. The maximum atomic E-state index is 11.7. The van der Waals surface area contributed by atoms with E-state index in [1.807, 2.05) is 0 Å². The summed E-state index contributed by atoms with van der Waals surface area (Å²) in [5.41, 5.74) is 6.57. The van der Waals surface area contributed by atoms with E-state index < -0.39 is 5.97 Å². The third-order valence-electron chi connectivity index (χ3n) is 2.24. The molecule has 0 amide bonds. The highest BCUT2D eigenvalue weighted by Gasteiger charge is 2.08. The number of hydrogen-bond acceptors (Lipinski definition) is 4. The van der Waals surface area contributed by atoms with Crippen LogP contribution in [0.5, 0.6) is 0 Å². The first-order valence-electron chi connectivity index (χ1n) is 4.62. The summed E-state index contributed by atoms with van der Waals surface area (Å²) in [6.07, 6.45) is 1.51. The van der Waals surface area contributed by atoms with Crippen molar-refractivity contribution in [2.75, 3.05) is 12.8 Å². The molecule has 0 unspecified atom stereocenters. The van der Waals surface area contributed by atoms with Crippen molar-refractivity contribution in [3.05, 3.63) is 46.4 Å². The number of hydrogen-bond donors (Lipinski definition) is 1. The lowest BCUT2D eigenvalue weighted by Gasteiger charge is -2.04. The Morgan fingerprint density at radius 3 is 2.81 bits per heavy atom. The number of nitrogen functional groups attached to an aromatic ring is 1. The molecule has 0 saturated heterocycles. The van der Waals surface area contributed by atoms with Gasteiger partial charge in [0.2, 0.25) is 0 Å². The standard InChI is InChI=1S/C11H10N2O3/c1-16-11(15)7-4-9-3-2-8(12)6-13(9)10(14)5-7/h2-6H,12H2,1H3. The van der Waals surface area contributed by atoms with Crippen molar-refractivity contribution in [2.45, 2.75) is 0 Å². The molecule has 16 heavy (non-hydrogen) atoms. The van der Waals surface area contributed by atoms with E-state index in [4.69, 9.17) is 5.73 Å². The van der Waals surface area contributed by atoms with Crippen LogP contribution in [-0.2, 0) is 4.74 Å². The van der Waals surface area contributed by atoms with Crippen molar-refractivity contribution in [2.24, 2.45) is 0 Å². The number of nitrogens with zero attached hydrogens (tertiary/aromatic N) is 1. The first-order chi connectivity index (χ1) is 7.61. The summed E-state index contributed by atoms with van der Waals surface area (Å²) in [4.78, 5) is 23.0. The number of carbonyl (C=O) groups is 1. The Labute approximate surface area is 91.1 Å². The van der Waals surface area contributed by atoms with Gasteiger partial charge in [-0.15, -0.1) is 0 Å². The zero-order valence-corrected chi connectivity index (χ0v) is 8.64. The maximum Gasteiger partial charge on any atom is 0.338 e. The third kappa shape index (κ3) is 1.63. The number of rotatable bonds is 1. The molecule has 0 fully saturated rings. The van der Waals surface area contributed by atoms with Gasteiger partial charge in [-0.3, -0.25) is 9.20 Å². The molecule has 0 radical (unpaired) electrons. The van der Waals surface area contributed by atoms with Gasteiger partial charge in [0.1, 0.15) is 0 Å². The van der Waals surface area contributed by atoms with E-state index >= 15 is 0 Å². The van der Waals surface area contributed by atoms with Gasteiger partial charge in [0.25, 0.3) is 5.56 Å². The summed E-state index contributed by atoms with van der Waals surface area (Å²) < 4.78 is 5.93. The molecule has 2 heterocycles. The number of methoxy groups -OCH3 is 1. The largest absolute Gasteiger partial charge is 0.465 e. The molecule has 5 nitrogen and oxygen atoms in total. The van der Waals surface area contributed by atoms with E-state index in [0.29, 0.717) is 11.2 Å². The molecule has 0 aliphatic rings. The minimum atomic E-state index is -0.531. The number of pyridine rings is 2. The van der Waals surface area contributed by atoms with Crippen molar-refractivity contribution in [3.8, 4) is 0 Å². The van der Waals surface area contributed by atoms with Crippen LogP contribution in [-0.4, -0.2) is 17.5 Å². The first-order valence-corrected chi connectivity index (χ1v) is 4.62. The van der Waals surface area contributed by atoms with E-state index in [1.165, 1.54) is 23.8 Å². The SMILES string of the molecule is COC(=O)c1cc(=O)n2cc(N)ccc2c1. The van der Waals surface area contributed by atoms with Crippen LogP contribution < -0.4 is 11.3 Å². The molecule has 5 heteroatoms. The predicted molar refractivity (Wildman–Crippen MR) is 59.4 cm³/mol. The molecule has 0 aromatic carbocycles. The predicted octanol–water partition coefficient (Wildman–Crippen LogP) is 0.668. The Kier molecular flexibility index (Phi) is 2.36. The van der Waals surface area contributed by atoms with Gasteiger partial charge in [0.15, 0.2) is 0 Å².